The van der Waals surface area contributed by atoms with Gasteiger partial charge in [0.2, 0.25) is 11.8 Å². The standard InChI is InChI=1S/C15H16ClN3O2/c16-11-6-4-10(5-7-11)12-13(20)17-15(18-14(12)21)19-8-2-1-3-9-19/h4-7H,1-3,8-9H2,(H2,17,18,20,21). The van der Waals surface area contributed by atoms with Crippen LogP contribution < -0.4 is 10.5 Å². The number of benzene rings is 1. The summed E-state index contributed by atoms with van der Waals surface area (Å²) in [4.78, 5) is 21.2. The molecule has 0 bridgehead atoms. The highest BCUT2D eigenvalue weighted by Crippen LogP contribution is 2.26. The van der Waals surface area contributed by atoms with Crippen molar-refractivity contribution in [2.45, 2.75) is 19.3 Å². The topological polar surface area (TPSA) is 69.2 Å². The van der Waals surface area contributed by atoms with Gasteiger partial charge in [-0.1, -0.05) is 23.7 Å². The normalized spacial score (nSPS) is 15.2. The minimum absolute atomic E-state index is 0.174. The molecule has 0 unspecified atom stereocenters. The van der Waals surface area contributed by atoms with Gasteiger partial charge in [0.05, 0.1) is 0 Å². The molecule has 1 aromatic carbocycles. The van der Waals surface area contributed by atoms with E-state index in [2.05, 4.69) is 9.97 Å². The first kappa shape index (κ1) is 13.9. The van der Waals surface area contributed by atoms with Crippen LogP contribution in [-0.4, -0.2) is 28.2 Å². The van der Waals surface area contributed by atoms with E-state index in [4.69, 9.17) is 11.6 Å². The Hall–Kier alpha value is -2.01. The van der Waals surface area contributed by atoms with Gasteiger partial charge in [0.1, 0.15) is 5.56 Å². The number of aromatic hydroxyl groups is 1. The lowest BCUT2D eigenvalue weighted by atomic mass is 10.1. The third-order valence-corrected chi connectivity index (χ3v) is 3.93. The largest absolute Gasteiger partial charge is 0.493 e. The molecule has 1 aliphatic heterocycles. The Morgan fingerprint density at radius 3 is 2.43 bits per heavy atom. The SMILES string of the molecule is O=c1[nH]c(N2CCCCC2)nc(O)c1-c1ccc(Cl)cc1. The highest BCUT2D eigenvalue weighted by atomic mass is 35.5. The maximum Gasteiger partial charge on any atom is 0.264 e. The summed E-state index contributed by atoms with van der Waals surface area (Å²) in [6, 6.07) is 6.73. The fraction of sp³-hybridized carbons (Fsp3) is 0.333. The van der Waals surface area contributed by atoms with Gasteiger partial charge < -0.3 is 10.0 Å². The number of aromatic nitrogens is 2. The number of aromatic amines is 1. The van der Waals surface area contributed by atoms with Crippen LogP contribution in [0.5, 0.6) is 5.88 Å². The fourth-order valence-corrected chi connectivity index (χ4v) is 2.71. The second kappa shape index (κ2) is 5.77. The van der Waals surface area contributed by atoms with E-state index in [9.17, 15) is 9.90 Å². The molecular weight excluding hydrogens is 290 g/mol. The minimum Gasteiger partial charge on any atom is -0.493 e. The van der Waals surface area contributed by atoms with Crippen LogP contribution >= 0.6 is 11.6 Å². The number of anilines is 1. The van der Waals surface area contributed by atoms with Crippen molar-refractivity contribution in [3.63, 3.8) is 0 Å². The van der Waals surface area contributed by atoms with Gasteiger partial charge >= 0.3 is 0 Å². The number of nitrogens with zero attached hydrogens (tertiary/aromatic N) is 2. The minimum atomic E-state index is -0.342. The molecule has 0 radical (unpaired) electrons. The molecule has 2 aromatic rings. The zero-order chi connectivity index (χ0) is 14.8. The first-order valence-electron chi connectivity index (χ1n) is 6.99. The Kier molecular flexibility index (Phi) is 3.84. The van der Waals surface area contributed by atoms with E-state index in [0.29, 0.717) is 16.5 Å². The van der Waals surface area contributed by atoms with Crippen LogP contribution in [0.15, 0.2) is 29.1 Å². The average molecular weight is 306 g/mol. The molecule has 0 aliphatic carbocycles. The summed E-state index contributed by atoms with van der Waals surface area (Å²) in [6.07, 6.45) is 3.34. The third-order valence-electron chi connectivity index (χ3n) is 3.68. The molecule has 21 heavy (non-hydrogen) atoms. The maximum absolute atomic E-state index is 12.3. The van der Waals surface area contributed by atoms with Crippen LogP contribution in [0.3, 0.4) is 0 Å². The summed E-state index contributed by atoms with van der Waals surface area (Å²) in [6.45, 7) is 1.70. The molecular formula is C15H16ClN3O2. The molecule has 0 saturated carbocycles. The molecule has 110 valence electrons. The summed E-state index contributed by atoms with van der Waals surface area (Å²) in [5.41, 5.74) is 0.425. The van der Waals surface area contributed by atoms with E-state index in [0.717, 1.165) is 25.9 Å². The fourth-order valence-electron chi connectivity index (χ4n) is 2.58. The number of hydrogen-bond acceptors (Lipinski definition) is 4. The summed E-state index contributed by atoms with van der Waals surface area (Å²) in [5, 5.41) is 10.7. The summed E-state index contributed by atoms with van der Waals surface area (Å²) < 4.78 is 0. The van der Waals surface area contributed by atoms with Gasteiger partial charge in [-0.3, -0.25) is 9.78 Å². The van der Waals surface area contributed by atoms with Crippen LogP contribution in [-0.2, 0) is 0 Å². The summed E-state index contributed by atoms with van der Waals surface area (Å²) in [5.74, 6) is 0.191. The van der Waals surface area contributed by atoms with Crippen molar-refractivity contribution in [2.75, 3.05) is 18.0 Å². The van der Waals surface area contributed by atoms with E-state index in [1.165, 1.54) is 6.42 Å². The molecule has 2 heterocycles. The average Bonchev–Trinajstić information content (AvgIpc) is 2.49. The lowest BCUT2D eigenvalue weighted by Gasteiger charge is -2.27. The van der Waals surface area contributed by atoms with Gasteiger partial charge in [0.25, 0.3) is 5.56 Å². The van der Waals surface area contributed by atoms with Crippen molar-refractivity contribution >= 4 is 17.5 Å². The van der Waals surface area contributed by atoms with Crippen molar-refractivity contribution < 1.29 is 5.11 Å². The molecule has 1 aromatic heterocycles. The van der Waals surface area contributed by atoms with E-state index >= 15 is 0 Å². The molecule has 0 atom stereocenters. The van der Waals surface area contributed by atoms with Crippen LogP contribution in [0, 0.1) is 0 Å². The van der Waals surface area contributed by atoms with Gasteiger partial charge in [-0.05, 0) is 37.0 Å². The molecule has 0 amide bonds. The van der Waals surface area contributed by atoms with Crippen molar-refractivity contribution in [2.24, 2.45) is 0 Å². The molecule has 6 heteroatoms. The number of piperidine rings is 1. The van der Waals surface area contributed by atoms with E-state index in [-0.39, 0.29) is 17.0 Å². The molecule has 5 nitrogen and oxygen atoms in total. The van der Waals surface area contributed by atoms with Crippen molar-refractivity contribution in [1.29, 1.82) is 0 Å². The molecule has 3 rings (SSSR count). The second-order valence-electron chi connectivity index (χ2n) is 5.14. The lowest BCUT2D eigenvalue weighted by Crippen LogP contribution is -2.32. The molecule has 2 N–H and O–H groups in total. The zero-order valence-corrected chi connectivity index (χ0v) is 12.2. The lowest BCUT2D eigenvalue weighted by molar-refractivity contribution is 0.451. The van der Waals surface area contributed by atoms with Crippen molar-refractivity contribution in [3.05, 3.63) is 39.6 Å². The number of H-pyrrole nitrogens is 1. The Morgan fingerprint density at radius 2 is 1.81 bits per heavy atom. The highest BCUT2D eigenvalue weighted by molar-refractivity contribution is 6.30. The van der Waals surface area contributed by atoms with E-state index < -0.39 is 0 Å². The zero-order valence-electron chi connectivity index (χ0n) is 11.5. The quantitative estimate of drug-likeness (QED) is 0.895. The monoisotopic (exact) mass is 305 g/mol. The number of rotatable bonds is 2. The highest BCUT2D eigenvalue weighted by Gasteiger charge is 2.18. The van der Waals surface area contributed by atoms with Crippen LogP contribution in [0.25, 0.3) is 11.1 Å². The van der Waals surface area contributed by atoms with Gasteiger partial charge in [0, 0.05) is 18.1 Å². The van der Waals surface area contributed by atoms with Crippen molar-refractivity contribution in [3.8, 4) is 17.0 Å². The van der Waals surface area contributed by atoms with Gasteiger partial charge in [-0.2, -0.15) is 4.98 Å². The van der Waals surface area contributed by atoms with Crippen LogP contribution in [0.1, 0.15) is 19.3 Å². The second-order valence-corrected chi connectivity index (χ2v) is 5.58. The molecule has 1 saturated heterocycles. The van der Waals surface area contributed by atoms with E-state index in [1.54, 1.807) is 24.3 Å². The summed E-state index contributed by atoms with van der Waals surface area (Å²) in [7, 11) is 0. The maximum atomic E-state index is 12.3. The predicted octanol–water partition coefficient (Wildman–Crippen LogP) is 2.79. The van der Waals surface area contributed by atoms with Crippen LogP contribution in [0.4, 0.5) is 5.95 Å². The summed E-state index contributed by atoms with van der Waals surface area (Å²) >= 11 is 5.83. The van der Waals surface area contributed by atoms with Crippen LogP contribution in [0.2, 0.25) is 5.02 Å². The van der Waals surface area contributed by atoms with Gasteiger partial charge in [-0.15, -0.1) is 0 Å². The predicted molar refractivity (Wildman–Crippen MR) is 83.0 cm³/mol. The smallest absolute Gasteiger partial charge is 0.264 e. The van der Waals surface area contributed by atoms with Gasteiger partial charge in [0.15, 0.2) is 0 Å². The first-order chi connectivity index (χ1) is 10.1. The van der Waals surface area contributed by atoms with E-state index in [1.807, 2.05) is 4.90 Å². The Labute approximate surface area is 127 Å². The molecule has 1 aliphatic rings. The van der Waals surface area contributed by atoms with Gasteiger partial charge in [-0.25, -0.2) is 0 Å². The Morgan fingerprint density at radius 1 is 1.14 bits per heavy atom. The first-order valence-corrected chi connectivity index (χ1v) is 7.37. The third kappa shape index (κ3) is 2.88. The Balaban J connectivity index is 2.00. The number of hydrogen-bond donors (Lipinski definition) is 2. The number of halogens is 1. The molecule has 0 spiro atoms. The Bertz CT molecular complexity index is 691. The molecule has 1 fully saturated rings. The van der Waals surface area contributed by atoms with Crippen molar-refractivity contribution in [1.82, 2.24) is 9.97 Å². The number of nitrogens with one attached hydrogen (secondary N) is 1.